The highest BCUT2D eigenvalue weighted by Gasteiger charge is 2.23. The summed E-state index contributed by atoms with van der Waals surface area (Å²) in [6, 6.07) is 10.1. The van der Waals surface area contributed by atoms with Gasteiger partial charge in [-0.2, -0.15) is 0 Å². The number of aryl methyl sites for hydroxylation is 1. The van der Waals surface area contributed by atoms with Crippen molar-refractivity contribution in [1.82, 2.24) is 9.97 Å². The van der Waals surface area contributed by atoms with Crippen molar-refractivity contribution in [3.8, 4) is 11.1 Å². The van der Waals surface area contributed by atoms with E-state index in [2.05, 4.69) is 34.3 Å². The Bertz CT molecular complexity index is 933. The number of rotatable bonds is 3. The van der Waals surface area contributed by atoms with E-state index in [1.807, 2.05) is 24.4 Å². The molecule has 5 nitrogen and oxygen atoms in total. The number of carbonyl (C=O) groups is 1. The normalized spacial score (nSPS) is 16.9. The predicted octanol–water partition coefficient (Wildman–Crippen LogP) is 3.58. The second-order valence-corrected chi connectivity index (χ2v) is 6.37. The molecule has 1 amide bonds. The van der Waals surface area contributed by atoms with Gasteiger partial charge in [-0.15, -0.1) is 0 Å². The van der Waals surface area contributed by atoms with Crippen LogP contribution in [0.15, 0.2) is 48.9 Å². The molecule has 1 aliphatic rings. The number of amides is 1. The smallest absolute Gasteiger partial charge is 0.231 e. The fourth-order valence-corrected chi connectivity index (χ4v) is 3.11. The lowest BCUT2D eigenvalue weighted by atomic mass is 10.0. The molecule has 0 radical (unpaired) electrons. The van der Waals surface area contributed by atoms with Crippen LogP contribution in [0.25, 0.3) is 21.9 Å². The van der Waals surface area contributed by atoms with E-state index in [0.717, 1.165) is 28.3 Å². The lowest BCUT2D eigenvalue weighted by Crippen LogP contribution is -2.23. The lowest BCUT2D eigenvalue weighted by Gasteiger charge is -2.10. The summed E-state index contributed by atoms with van der Waals surface area (Å²) in [7, 11) is 0. The van der Waals surface area contributed by atoms with Gasteiger partial charge in [-0.1, -0.05) is 12.1 Å². The topological polar surface area (TPSA) is 64.1 Å². The molecule has 25 heavy (non-hydrogen) atoms. The van der Waals surface area contributed by atoms with Crippen LogP contribution in [0.3, 0.4) is 0 Å². The van der Waals surface area contributed by atoms with E-state index in [1.165, 1.54) is 5.56 Å². The Hall–Kier alpha value is -2.79. The van der Waals surface area contributed by atoms with Gasteiger partial charge in [-0.05, 0) is 48.1 Å². The minimum atomic E-state index is -0.0755. The van der Waals surface area contributed by atoms with E-state index in [0.29, 0.717) is 19.0 Å². The quantitative estimate of drug-likeness (QED) is 0.796. The number of anilines is 1. The van der Waals surface area contributed by atoms with Gasteiger partial charge in [-0.25, -0.2) is 4.98 Å². The maximum atomic E-state index is 12.2. The molecular weight excluding hydrogens is 314 g/mol. The molecule has 0 bridgehead atoms. The third-order valence-electron chi connectivity index (χ3n) is 4.62. The molecule has 1 fully saturated rings. The molecule has 0 aliphatic carbocycles. The summed E-state index contributed by atoms with van der Waals surface area (Å²) < 4.78 is 5.26. The van der Waals surface area contributed by atoms with Gasteiger partial charge >= 0.3 is 0 Å². The Morgan fingerprint density at radius 2 is 2.12 bits per heavy atom. The number of hydrogen-bond acceptors (Lipinski definition) is 4. The molecule has 4 rings (SSSR count). The number of aromatic nitrogens is 2. The average Bonchev–Trinajstić information content (AvgIpc) is 3.16. The van der Waals surface area contributed by atoms with Crippen LogP contribution in [0.5, 0.6) is 0 Å². The van der Waals surface area contributed by atoms with Crippen LogP contribution in [0.1, 0.15) is 12.0 Å². The summed E-state index contributed by atoms with van der Waals surface area (Å²) in [6.45, 7) is 3.22. The van der Waals surface area contributed by atoms with Gasteiger partial charge in [0.15, 0.2) is 0 Å². The zero-order valence-corrected chi connectivity index (χ0v) is 14.0. The summed E-state index contributed by atoms with van der Waals surface area (Å²) in [5.41, 5.74) is 3.41. The van der Waals surface area contributed by atoms with Crippen molar-refractivity contribution in [3.05, 3.63) is 54.5 Å². The van der Waals surface area contributed by atoms with Crippen LogP contribution in [0.4, 0.5) is 5.82 Å². The summed E-state index contributed by atoms with van der Waals surface area (Å²) in [6.07, 6.45) is 6.24. The largest absolute Gasteiger partial charge is 0.381 e. The number of benzene rings is 1. The first kappa shape index (κ1) is 15.7. The van der Waals surface area contributed by atoms with Crippen molar-refractivity contribution in [2.75, 3.05) is 18.5 Å². The van der Waals surface area contributed by atoms with Gasteiger partial charge < -0.3 is 10.1 Å². The number of hydrogen-bond donors (Lipinski definition) is 1. The maximum Gasteiger partial charge on any atom is 0.231 e. The highest BCUT2D eigenvalue weighted by atomic mass is 16.5. The lowest BCUT2D eigenvalue weighted by molar-refractivity contribution is -0.119. The molecule has 1 N–H and O–H groups in total. The highest BCUT2D eigenvalue weighted by Crippen LogP contribution is 2.27. The number of carbonyl (C=O) groups excluding carboxylic acids is 1. The molecule has 3 aromatic rings. The summed E-state index contributed by atoms with van der Waals surface area (Å²) in [5, 5.41) is 4.96. The van der Waals surface area contributed by atoms with Crippen LogP contribution < -0.4 is 5.32 Å². The number of nitrogens with zero attached hydrogens (tertiary/aromatic N) is 2. The SMILES string of the molecule is Cc1ccncc1-c1ccc2cc(NC(=O)C3CCOC3)ncc2c1. The molecule has 3 heterocycles. The first-order chi connectivity index (χ1) is 12.2. The predicted molar refractivity (Wildman–Crippen MR) is 97.3 cm³/mol. The van der Waals surface area contributed by atoms with Crippen molar-refractivity contribution in [1.29, 1.82) is 0 Å². The molecule has 1 atom stereocenters. The van der Waals surface area contributed by atoms with E-state index < -0.39 is 0 Å². The summed E-state index contributed by atoms with van der Waals surface area (Å²) in [5.74, 6) is 0.482. The van der Waals surface area contributed by atoms with E-state index in [1.54, 1.807) is 12.4 Å². The van der Waals surface area contributed by atoms with Crippen LogP contribution in [0.2, 0.25) is 0 Å². The standard InChI is InChI=1S/C20H19N3O2/c1-13-4-6-21-11-18(13)15-3-2-14-9-19(22-10-17(14)8-15)23-20(24)16-5-7-25-12-16/h2-4,6,8-11,16H,5,7,12H2,1H3,(H,22,23,24). The molecule has 1 aromatic carbocycles. The first-order valence-corrected chi connectivity index (χ1v) is 8.40. The Kier molecular flexibility index (Phi) is 4.15. The first-order valence-electron chi connectivity index (χ1n) is 8.40. The zero-order valence-electron chi connectivity index (χ0n) is 14.0. The minimum absolute atomic E-state index is 0.0213. The van der Waals surface area contributed by atoms with Crippen LogP contribution in [0, 0.1) is 12.8 Å². The maximum absolute atomic E-state index is 12.2. The van der Waals surface area contributed by atoms with E-state index in [-0.39, 0.29) is 11.8 Å². The van der Waals surface area contributed by atoms with Gasteiger partial charge in [0.1, 0.15) is 5.82 Å². The molecule has 1 unspecified atom stereocenters. The molecule has 0 spiro atoms. The van der Waals surface area contributed by atoms with Gasteiger partial charge in [0.05, 0.1) is 12.5 Å². The van der Waals surface area contributed by atoms with Crippen LogP contribution >= 0.6 is 0 Å². The van der Waals surface area contributed by atoms with Crippen molar-refractivity contribution in [3.63, 3.8) is 0 Å². The Labute approximate surface area is 146 Å². The summed E-state index contributed by atoms with van der Waals surface area (Å²) >= 11 is 0. The van der Waals surface area contributed by atoms with Crippen molar-refractivity contribution in [2.45, 2.75) is 13.3 Å². The van der Waals surface area contributed by atoms with Gasteiger partial charge in [0, 0.05) is 36.1 Å². The Morgan fingerprint density at radius 3 is 2.92 bits per heavy atom. The number of nitrogens with one attached hydrogen (secondary N) is 1. The molecule has 2 aromatic heterocycles. The second-order valence-electron chi connectivity index (χ2n) is 6.37. The van der Waals surface area contributed by atoms with E-state index in [9.17, 15) is 4.79 Å². The summed E-state index contributed by atoms with van der Waals surface area (Å²) in [4.78, 5) is 20.8. The van der Waals surface area contributed by atoms with E-state index in [4.69, 9.17) is 4.74 Å². The van der Waals surface area contributed by atoms with Crippen LogP contribution in [-0.2, 0) is 9.53 Å². The monoisotopic (exact) mass is 333 g/mol. The molecule has 0 saturated carbocycles. The number of ether oxygens (including phenoxy) is 1. The molecule has 126 valence electrons. The fraction of sp³-hybridized carbons (Fsp3) is 0.250. The van der Waals surface area contributed by atoms with Crippen LogP contribution in [-0.4, -0.2) is 29.1 Å². The van der Waals surface area contributed by atoms with Gasteiger partial charge in [-0.3, -0.25) is 9.78 Å². The third kappa shape index (κ3) is 3.23. The zero-order chi connectivity index (χ0) is 17.2. The second kappa shape index (κ2) is 6.61. The average molecular weight is 333 g/mol. The fourth-order valence-electron chi connectivity index (χ4n) is 3.11. The number of pyridine rings is 2. The van der Waals surface area contributed by atoms with Crippen molar-refractivity contribution in [2.24, 2.45) is 5.92 Å². The van der Waals surface area contributed by atoms with E-state index >= 15 is 0 Å². The molecule has 1 saturated heterocycles. The van der Waals surface area contributed by atoms with Crippen molar-refractivity contribution >= 4 is 22.5 Å². The third-order valence-corrected chi connectivity index (χ3v) is 4.62. The number of fused-ring (bicyclic) bond motifs is 1. The molecular formula is C20H19N3O2. The Morgan fingerprint density at radius 1 is 1.20 bits per heavy atom. The Balaban J connectivity index is 1.60. The van der Waals surface area contributed by atoms with Gasteiger partial charge in [0.25, 0.3) is 0 Å². The van der Waals surface area contributed by atoms with Gasteiger partial charge in [0.2, 0.25) is 5.91 Å². The molecule has 1 aliphatic heterocycles. The minimum Gasteiger partial charge on any atom is -0.381 e. The highest BCUT2D eigenvalue weighted by molar-refractivity contribution is 5.95. The van der Waals surface area contributed by atoms with Crippen molar-refractivity contribution < 1.29 is 9.53 Å². The molecule has 5 heteroatoms.